The number of halogens is 3. The van der Waals surface area contributed by atoms with Crippen LogP contribution in [0.2, 0.25) is 0 Å². The van der Waals surface area contributed by atoms with E-state index in [1.54, 1.807) is 0 Å². The summed E-state index contributed by atoms with van der Waals surface area (Å²) in [7, 11) is 1.83. The van der Waals surface area contributed by atoms with Crippen LogP contribution in [-0.2, 0) is 29.9 Å². The van der Waals surface area contributed by atoms with E-state index >= 15 is 0 Å². The molecule has 4 rings (SSSR count). The van der Waals surface area contributed by atoms with E-state index < -0.39 is 17.6 Å². The molecule has 2 aliphatic heterocycles. The van der Waals surface area contributed by atoms with Crippen LogP contribution in [0, 0.1) is 0 Å². The minimum atomic E-state index is -4.65. The summed E-state index contributed by atoms with van der Waals surface area (Å²) in [5.41, 5.74) is -0.502. The molecule has 1 aromatic heterocycles. The highest BCUT2D eigenvalue weighted by atomic mass is 19.4. The van der Waals surface area contributed by atoms with Gasteiger partial charge in [0.1, 0.15) is 12.4 Å². The number of nitrogens with zero attached hydrogens (tertiary/aromatic N) is 4. The number of ether oxygens (including phenoxy) is 2. The fourth-order valence-electron chi connectivity index (χ4n) is 4.59. The van der Waals surface area contributed by atoms with E-state index in [1.807, 2.05) is 43.4 Å². The second kappa shape index (κ2) is 10.8. The van der Waals surface area contributed by atoms with E-state index in [0.29, 0.717) is 31.7 Å². The van der Waals surface area contributed by atoms with Crippen molar-refractivity contribution >= 4 is 11.9 Å². The zero-order chi connectivity index (χ0) is 27.7. The lowest BCUT2D eigenvalue weighted by Gasteiger charge is -2.18. The van der Waals surface area contributed by atoms with Gasteiger partial charge in [0.05, 0.1) is 30.3 Å². The fraction of sp³-hybridized carbons (Fsp3) is 0.577. The van der Waals surface area contributed by atoms with Crippen molar-refractivity contribution in [2.75, 3.05) is 32.8 Å². The molecule has 2 aliphatic rings. The minimum Gasteiger partial charge on any atom is -0.491 e. The van der Waals surface area contributed by atoms with Crippen molar-refractivity contribution in [1.29, 1.82) is 0 Å². The third-order valence-electron chi connectivity index (χ3n) is 6.70. The first-order chi connectivity index (χ1) is 17.8. The van der Waals surface area contributed by atoms with Crippen molar-refractivity contribution in [3.63, 3.8) is 0 Å². The Labute approximate surface area is 219 Å². The molecular formula is C26H34F3N5O4. The SMILES string of the molecule is Cn1cc(C(C)(C)C)c(=NC(=O)c2cc(C(F)(F)F)ccc2OCCN2CCNC2=O)n1C[C@H]1CCCO1. The highest BCUT2D eigenvalue weighted by Gasteiger charge is 2.32. The fourth-order valence-corrected chi connectivity index (χ4v) is 4.59. The number of carbonyl (C=O) groups is 2. The summed E-state index contributed by atoms with van der Waals surface area (Å²) < 4.78 is 55.8. The van der Waals surface area contributed by atoms with Gasteiger partial charge in [-0.25, -0.2) is 4.79 Å². The van der Waals surface area contributed by atoms with E-state index in [0.717, 1.165) is 36.6 Å². The molecule has 0 bridgehead atoms. The molecule has 0 unspecified atom stereocenters. The van der Waals surface area contributed by atoms with E-state index in [1.165, 1.54) is 4.90 Å². The number of carbonyl (C=O) groups excluding carboxylic acids is 2. The lowest BCUT2D eigenvalue weighted by Crippen LogP contribution is -2.33. The second-order valence-electron chi connectivity index (χ2n) is 10.6. The van der Waals surface area contributed by atoms with Gasteiger partial charge in [0, 0.05) is 38.5 Å². The van der Waals surface area contributed by atoms with Crippen molar-refractivity contribution in [3.05, 3.63) is 46.6 Å². The maximum atomic E-state index is 13.5. The van der Waals surface area contributed by atoms with Crippen molar-refractivity contribution in [3.8, 4) is 5.75 Å². The van der Waals surface area contributed by atoms with Crippen LogP contribution >= 0.6 is 0 Å². The van der Waals surface area contributed by atoms with Gasteiger partial charge in [0.15, 0.2) is 5.49 Å². The number of hydrogen-bond donors (Lipinski definition) is 1. The summed E-state index contributed by atoms with van der Waals surface area (Å²) in [6, 6.07) is 2.54. The Balaban J connectivity index is 1.72. The first kappa shape index (κ1) is 27.7. The van der Waals surface area contributed by atoms with Gasteiger partial charge in [-0.1, -0.05) is 20.8 Å². The Hall–Kier alpha value is -3.28. The van der Waals surface area contributed by atoms with Gasteiger partial charge in [-0.3, -0.25) is 14.2 Å². The third kappa shape index (κ3) is 6.23. The number of hydrogen-bond acceptors (Lipinski definition) is 4. The predicted octanol–water partition coefficient (Wildman–Crippen LogP) is 3.47. The van der Waals surface area contributed by atoms with Crippen LogP contribution in [0.5, 0.6) is 5.75 Å². The quantitative estimate of drug-likeness (QED) is 0.586. The number of alkyl halides is 3. The van der Waals surface area contributed by atoms with Crippen LogP contribution in [-0.4, -0.2) is 65.2 Å². The molecule has 2 aromatic rings. The van der Waals surface area contributed by atoms with Crippen LogP contribution in [0.4, 0.5) is 18.0 Å². The molecule has 0 saturated carbocycles. The molecule has 1 N–H and O–H groups in total. The Morgan fingerprint density at radius 3 is 2.63 bits per heavy atom. The average Bonchev–Trinajstić information content (AvgIpc) is 3.56. The summed E-state index contributed by atoms with van der Waals surface area (Å²) in [5, 5.41) is 2.67. The number of rotatable bonds is 7. The number of urea groups is 1. The molecule has 2 saturated heterocycles. The molecule has 2 fully saturated rings. The van der Waals surface area contributed by atoms with Gasteiger partial charge in [-0.15, -0.1) is 0 Å². The molecule has 9 nitrogen and oxygen atoms in total. The zero-order valence-corrected chi connectivity index (χ0v) is 22.1. The van der Waals surface area contributed by atoms with Crippen LogP contribution in [0.1, 0.15) is 55.1 Å². The average molecular weight is 538 g/mol. The monoisotopic (exact) mass is 537 g/mol. The van der Waals surface area contributed by atoms with Crippen molar-refractivity contribution in [2.45, 2.75) is 57.9 Å². The highest BCUT2D eigenvalue weighted by Crippen LogP contribution is 2.33. The van der Waals surface area contributed by atoms with Crippen LogP contribution in [0.25, 0.3) is 0 Å². The van der Waals surface area contributed by atoms with E-state index in [9.17, 15) is 22.8 Å². The second-order valence-corrected chi connectivity index (χ2v) is 10.6. The van der Waals surface area contributed by atoms with Crippen molar-refractivity contribution in [2.24, 2.45) is 12.0 Å². The normalized spacial score (nSPS) is 18.8. The van der Waals surface area contributed by atoms with Crippen molar-refractivity contribution < 1.29 is 32.2 Å². The van der Waals surface area contributed by atoms with Crippen LogP contribution in [0.3, 0.4) is 0 Å². The van der Waals surface area contributed by atoms with Crippen molar-refractivity contribution in [1.82, 2.24) is 19.6 Å². The summed E-state index contributed by atoms with van der Waals surface area (Å²) in [6.07, 6.45) is -0.995. The molecule has 208 valence electrons. The van der Waals surface area contributed by atoms with Crippen LogP contribution in [0.15, 0.2) is 29.4 Å². The molecule has 1 atom stereocenters. The minimum absolute atomic E-state index is 0.0106. The number of amides is 3. The first-order valence-corrected chi connectivity index (χ1v) is 12.7. The van der Waals surface area contributed by atoms with Crippen LogP contribution < -0.4 is 15.5 Å². The number of aromatic nitrogens is 2. The summed E-state index contributed by atoms with van der Waals surface area (Å²) in [4.78, 5) is 31.2. The summed E-state index contributed by atoms with van der Waals surface area (Å²) in [6.45, 7) is 8.33. The smallest absolute Gasteiger partial charge is 0.416 e. The number of benzene rings is 1. The van der Waals surface area contributed by atoms with E-state index in [2.05, 4.69) is 10.3 Å². The highest BCUT2D eigenvalue weighted by molar-refractivity contribution is 5.97. The molecule has 38 heavy (non-hydrogen) atoms. The van der Waals surface area contributed by atoms with Gasteiger partial charge < -0.3 is 19.7 Å². The molecule has 1 aromatic carbocycles. The molecular weight excluding hydrogens is 503 g/mol. The number of aryl methyl sites for hydroxylation is 1. The molecule has 3 heterocycles. The lowest BCUT2D eigenvalue weighted by molar-refractivity contribution is -0.137. The summed E-state index contributed by atoms with van der Waals surface area (Å²) >= 11 is 0. The van der Waals surface area contributed by atoms with Gasteiger partial charge in [0.2, 0.25) is 0 Å². The van der Waals surface area contributed by atoms with E-state index in [4.69, 9.17) is 9.47 Å². The maximum absolute atomic E-state index is 13.5. The Morgan fingerprint density at radius 1 is 1.26 bits per heavy atom. The summed E-state index contributed by atoms with van der Waals surface area (Å²) in [5.74, 6) is -0.868. The molecule has 0 aliphatic carbocycles. The number of nitrogens with one attached hydrogen (secondary N) is 1. The van der Waals surface area contributed by atoms with Gasteiger partial charge in [0.25, 0.3) is 5.91 Å². The van der Waals surface area contributed by atoms with E-state index in [-0.39, 0.29) is 42.0 Å². The molecule has 0 radical (unpaired) electrons. The lowest BCUT2D eigenvalue weighted by atomic mass is 9.89. The topological polar surface area (TPSA) is 90.1 Å². The first-order valence-electron chi connectivity index (χ1n) is 12.7. The predicted molar refractivity (Wildman–Crippen MR) is 133 cm³/mol. The molecule has 3 amide bonds. The molecule has 0 spiro atoms. The standard InChI is InChI=1S/C26H34F3N5O4/c1-25(2,3)20-16-32(4)34(15-18-6-5-12-37-18)22(20)31-23(35)19-14-17(26(27,28)29)7-8-21(19)38-13-11-33-10-9-30-24(33)36/h7-8,14,16,18H,5-6,9-13,15H2,1-4H3,(H,30,36)/t18-/m1/s1. The third-order valence-corrected chi connectivity index (χ3v) is 6.70. The molecule has 12 heteroatoms. The van der Waals surface area contributed by atoms with Gasteiger partial charge in [-0.2, -0.15) is 18.2 Å². The van der Waals surface area contributed by atoms with Gasteiger partial charge in [-0.05, 0) is 36.5 Å². The Kier molecular flexibility index (Phi) is 7.91. The Morgan fingerprint density at radius 2 is 2.03 bits per heavy atom. The van der Waals surface area contributed by atoms with Gasteiger partial charge >= 0.3 is 12.2 Å². The maximum Gasteiger partial charge on any atom is 0.416 e. The largest absolute Gasteiger partial charge is 0.491 e. The zero-order valence-electron chi connectivity index (χ0n) is 22.1. The Bertz CT molecular complexity index is 1250.